The molecule has 1 aromatic carbocycles. The molecule has 1 atom stereocenters. The first-order valence-electron chi connectivity index (χ1n) is 9.64. The fourth-order valence-corrected chi connectivity index (χ4v) is 3.66. The number of aromatic nitrogens is 5. The normalized spacial score (nSPS) is 11.8. The topological polar surface area (TPSA) is 130 Å². The minimum atomic E-state index is -1.19. The van der Waals surface area contributed by atoms with Gasteiger partial charge in [0.1, 0.15) is 16.9 Å². The van der Waals surface area contributed by atoms with Crippen LogP contribution in [-0.4, -0.2) is 35.8 Å². The maximum Gasteiger partial charge on any atom is 0.356 e. The monoisotopic (exact) mass is 447 g/mol. The average Bonchev–Trinajstić information content (AvgIpc) is 3.19. The Balaban J connectivity index is 1.85. The van der Waals surface area contributed by atoms with Crippen molar-refractivity contribution in [2.24, 2.45) is 7.05 Å². The molecule has 0 radical (unpaired) electrons. The van der Waals surface area contributed by atoms with Crippen LogP contribution in [0.2, 0.25) is 5.15 Å². The average molecular weight is 448 g/mol. The molecule has 4 aromatic rings. The Hall–Kier alpha value is -4.03. The van der Waals surface area contributed by atoms with E-state index in [-0.39, 0.29) is 22.6 Å². The highest BCUT2D eigenvalue weighted by molar-refractivity contribution is 6.29. The van der Waals surface area contributed by atoms with E-state index in [0.717, 1.165) is 11.1 Å². The molecule has 2 N–H and O–H groups in total. The van der Waals surface area contributed by atoms with Crippen LogP contribution < -0.4 is 5.32 Å². The van der Waals surface area contributed by atoms with E-state index in [9.17, 15) is 15.2 Å². The van der Waals surface area contributed by atoms with Crippen molar-refractivity contribution >= 4 is 34.3 Å². The van der Waals surface area contributed by atoms with Crippen LogP contribution in [0.25, 0.3) is 22.3 Å². The number of carboxylic acid groups (broad SMARTS) is 1. The smallest absolute Gasteiger partial charge is 0.356 e. The van der Waals surface area contributed by atoms with E-state index in [4.69, 9.17) is 16.6 Å². The number of aryl methyl sites for hydroxylation is 2. The third-order valence-corrected chi connectivity index (χ3v) is 5.14. The van der Waals surface area contributed by atoms with Crippen molar-refractivity contribution in [3.63, 3.8) is 0 Å². The first-order chi connectivity index (χ1) is 15.3. The van der Waals surface area contributed by atoms with Gasteiger partial charge in [-0.3, -0.25) is 4.68 Å². The predicted molar refractivity (Wildman–Crippen MR) is 119 cm³/mol. The van der Waals surface area contributed by atoms with E-state index in [2.05, 4.69) is 26.5 Å². The Labute approximate surface area is 188 Å². The molecule has 0 aliphatic rings. The summed E-state index contributed by atoms with van der Waals surface area (Å²) in [4.78, 5) is 24.8. The minimum absolute atomic E-state index is 0.0950. The van der Waals surface area contributed by atoms with Gasteiger partial charge < -0.3 is 10.4 Å². The van der Waals surface area contributed by atoms with Gasteiger partial charge in [-0.1, -0.05) is 17.7 Å². The van der Waals surface area contributed by atoms with Crippen LogP contribution in [0.3, 0.4) is 0 Å². The van der Waals surface area contributed by atoms with E-state index < -0.39 is 5.97 Å². The SMILES string of the molecule is Cc1cc([C@@H](C)Nc2ccc(Cl)nc2C(=O)O)c2nc(-c3cnn(C)c3)c(C#N)nc2c1. The van der Waals surface area contributed by atoms with Gasteiger partial charge in [0.05, 0.1) is 29.0 Å². The van der Waals surface area contributed by atoms with E-state index in [0.29, 0.717) is 28.0 Å². The van der Waals surface area contributed by atoms with Crippen molar-refractivity contribution in [2.45, 2.75) is 19.9 Å². The van der Waals surface area contributed by atoms with Crippen LogP contribution in [0.4, 0.5) is 5.69 Å². The van der Waals surface area contributed by atoms with Crippen LogP contribution >= 0.6 is 11.6 Å². The number of hydrogen-bond acceptors (Lipinski definition) is 7. The molecule has 3 heterocycles. The standard InChI is InChI=1S/C22H18ClN7O2/c1-11-6-14(12(2)26-15-4-5-18(23)28-21(15)22(31)32)20-16(7-11)27-17(8-24)19(29-20)13-9-25-30(3)10-13/h4-7,9-10,12,26H,1-3H3,(H,31,32)/t12-/m1/s1. The van der Waals surface area contributed by atoms with Gasteiger partial charge in [0.2, 0.25) is 0 Å². The second-order valence-electron chi connectivity index (χ2n) is 7.36. The zero-order chi connectivity index (χ0) is 23.0. The van der Waals surface area contributed by atoms with E-state index in [1.807, 2.05) is 26.0 Å². The molecule has 0 unspecified atom stereocenters. The number of carboxylic acids is 1. The van der Waals surface area contributed by atoms with E-state index in [1.54, 1.807) is 30.2 Å². The van der Waals surface area contributed by atoms with Gasteiger partial charge in [0.25, 0.3) is 0 Å². The van der Waals surface area contributed by atoms with Crippen molar-refractivity contribution < 1.29 is 9.90 Å². The molecule has 160 valence electrons. The molecule has 3 aromatic heterocycles. The number of fused-ring (bicyclic) bond motifs is 1. The van der Waals surface area contributed by atoms with Crippen molar-refractivity contribution in [1.29, 1.82) is 5.26 Å². The van der Waals surface area contributed by atoms with Crippen LogP contribution in [-0.2, 0) is 7.05 Å². The summed E-state index contributed by atoms with van der Waals surface area (Å²) in [6, 6.07) is 8.69. The summed E-state index contributed by atoms with van der Waals surface area (Å²) < 4.78 is 1.63. The van der Waals surface area contributed by atoms with Gasteiger partial charge in [0, 0.05) is 24.4 Å². The fourth-order valence-electron chi connectivity index (χ4n) is 3.51. The maximum atomic E-state index is 11.6. The molecule has 0 aliphatic heterocycles. The molecule has 32 heavy (non-hydrogen) atoms. The molecular formula is C22H18ClN7O2. The second kappa shape index (κ2) is 8.24. The van der Waals surface area contributed by atoms with Crippen molar-refractivity contribution in [3.8, 4) is 17.3 Å². The van der Waals surface area contributed by atoms with E-state index >= 15 is 0 Å². The Bertz CT molecular complexity index is 1410. The zero-order valence-corrected chi connectivity index (χ0v) is 18.2. The lowest BCUT2D eigenvalue weighted by Crippen LogP contribution is -2.13. The number of nitrogens with one attached hydrogen (secondary N) is 1. The number of aromatic carboxylic acids is 1. The Morgan fingerprint density at radius 3 is 2.72 bits per heavy atom. The van der Waals surface area contributed by atoms with Gasteiger partial charge in [-0.15, -0.1) is 0 Å². The lowest BCUT2D eigenvalue weighted by atomic mass is 10.0. The Morgan fingerprint density at radius 2 is 2.06 bits per heavy atom. The van der Waals surface area contributed by atoms with Crippen molar-refractivity contribution in [2.75, 3.05) is 5.32 Å². The number of benzene rings is 1. The van der Waals surface area contributed by atoms with Gasteiger partial charge in [-0.05, 0) is 37.6 Å². The van der Waals surface area contributed by atoms with Crippen LogP contribution in [0.1, 0.15) is 40.3 Å². The first-order valence-corrected chi connectivity index (χ1v) is 10.0. The lowest BCUT2D eigenvalue weighted by molar-refractivity contribution is 0.0691. The third kappa shape index (κ3) is 3.96. The molecule has 0 fully saturated rings. The van der Waals surface area contributed by atoms with E-state index in [1.165, 1.54) is 6.07 Å². The summed E-state index contributed by atoms with van der Waals surface area (Å²) in [6.07, 6.45) is 3.40. The van der Waals surface area contributed by atoms with Crippen LogP contribution in [0, 0.1) is 18.3 Å². The highest BCUT2D eigenvalue weighted by Gasteiger charge is 2.20. The molecule has 0 spiro atoms. The van der Waals surface area contributed by atoms with Crippen LogP contribution in [0.15, 0.2) is 36.7 Å². The number of hydrogen-bond donors (Lipinski definition) is 2. The molecule has 9 nitrogen and oxygen atoms in total. The quantitative estimate of drug-likeness (QED) is 0.437. The maximum absolute atomic E-state index is 11.6. The fraction of sp³-hybridized carbons (Fsp3) is 0.182. The van der Waals surface area contributed by atoms with Crippen LogP contribution in [0.5, 0.6) is 0 Å². The highest BCUT2D eigenvalue weighted by atomic mass is 35.5. The summed E-state index contributed by atoms with van der Waals surface area (Å²) in [5, 5.41) is 26.6. The summed E-state index contributed by atoms with van der Waals surface area (Å²) >= 11 is 5.87. The predicted octanol–water partition coefficient (Wildman–Crippen LogP) is 4.13. The molecule has 10 heteroatoms. The number of halogens is 1. The minimum Gasteiger partial charge on any atom is -0.476 e. The van der Waals surface area contributed by atoms with Gasteiger partial charge in [-0.2, -0.15) is 10.4 Å². The number of rotatable bonds is 5. The molecule has 0 aliphatic carbocycles. The van der Waals surface area contributed by atoms with Gasteiger partial charge in [-0.25, -0.2) is 19.7 Å². The lowest BCUT2D eigenvalue weighted by Gasteiger charge is -2.19. The summed E-state index contributed by atoms with van der Waals surface area (Å²) in [7, 11) is 1.78. The highest BCUT2D eigenvalue weighted by Crippen LogP contribution is 2.31. The zero-order valence-electron chi connectivity index (χ0n) is 17.5. The number of nitrogens with zero attached hydrogens (tertiary/aromatic N) is 6. The molecule has 0 saturated carbocycles. The third-order valence-electron chi connectivity index (χ3n) is 4.93. The number of carbonyl (C=O) groups is 1. The number of nitriles is 1. The second-order valence-corrected chi connectivity index (χ2v) is 7.75. The van der Waals surface area contributed by atoms with Gasteiger partial charge >= 0.3 is 5.97 Å². The summed E-state index contributed by atoms with van der Waals surface area (Å²) in [5.74, 6) is -1.19. The Morgan fingerprint density at radius 1 is 1.28 bits per heavy atom. The molecule has 0 bridgehead atoms. The molecule has 4 rings (SSSR count). The summed E-state index contributed by atoms with van der Waals surface area (Å²) in [5.41, 5.74) is 4.39. The van der Waals surface area contributed by atoms with Crippen molar-refractivity contribution in [1.82, 2.24) is 24.7 Å². The molecular weight excluding hydrogens is 430 g/mol. The molecule has 0 saturated heterocycles. The summed E-state index contributed by atoms with van der Waals surface area (Å²) in [6.45, 7) is 3.81. The molecule has 0 amide bonds. The first kappa shape index (κ1) is 21.2. The number of anilines is 1. The van der Waals surface area contributed by atoms with Crippen molar-refractivity contribution in [3.05, 3.63) is 64.3 Å². The number of pyridine rings is 1. The largest absolute Gasteiger partial charge is 0.476 e. The van der Waals surface area contributed by atoms with Gasteiger partial charge in [0.15, 0.2) is 11.4 Å². The Kier molecular flexibility index (Phi) is 5.47.